The Morgan fingerprint density at radius 2 is 2.00 bits per heavy atom. The maximum Gasteiger partial charge on any atom is 0.241 e. The highest BCUT2D eigenvalue weighted by Crippen LogP contribution is 2.11. The van der Waals surface area contributed by atoms with Gasteiger partial charge < -0.3 is 16.2 Å². The summed E-state index contributed by atoms with van der Waals surface area (Å²) in [6.07, 6.45) is 0.101. The zero-order valence-corrected chi connectivity index (χ0v) is 10.3. The lowest BCUT2D eigenvalue weighted by Crippen LogP contribution is -2.38. The van der Waals surface area contributed by atoms with Crippen molar-refractivity contribution in [3.8, 4) is 0 Å². The average Bonchev–Trinajstić information content (AvgIpc) is 2.35. The Kier molecular flexibility index (Phi) is 5.12. The van der Waals surface area contributed by atoms with Gasteiger partial charge in [-0.15, -0.1) is 0 Å². The number of carbonyl (C=O) groups excluding carboxylic acids is 1. The Morgan fingerprint density at radius 3 is 2.53 bits per heavy atom. The van der Waals surface area contributed by atoms with Crippen molar-refractivity contribution in [1.82, 2.24) is 5.32 Å². The molecule has 1 rings (SSSR count). The van der Waals surface area contributed by atoms with Gasteiger partial charge in [-0.05, 0) is 18.9 Å². The van der Waals surface area contributed by atoms with Crippen molar-refractivity contribution in [2.24, 2.45) is 5.73 Å². The van der Waals surface area contributed by atoms with Crippen molar-refractivity contribution in [2.75, 3.05) is 6.54 Å². The minimum atomic E-state index is -0.681. The molecule has 1 aromatic carbocycles. The predicted molar refractivity (Wildman–Crippen MR) is 67.4 cm³/mol. The second kappa shape index (κ2) is 6.37. The Hall–Kier alpha value is -1.39. The minimum absolute atomic E-state index is 0.245. The van der Waals surface area contributed by atoms with Crippen LogP contribution in [0.4, 0.5) is 0 Å². The lowest BCUT2D eigenvalue weighted by Gasteiger charge is -2.14. The van der Waals surface area contributed by atoms with Crippen molar-refractivity contribution < 1.29 is 9.90 Å². The summed E-state index contributed by atoms with van der Waals surface area (Å²) < 4.78 is 0. The first kappa shape index (κ1) is 13.7. The lowest BCUT2D eigenvalue weighted by atomic mass is 10.1. The van der Waals surface area contributed by atoms with E-state index in [0.29, 0.717) is 6.42 Å². The maximum absolute atomic E-state index is 11.7. The number of aryl methyl sites for hydroxylation is 1. The van der Waals surface area contributed by atoms with Crippen LogP contribution in [0.3, 0.4) is 0 Å². The molecule has 0 aliphatic rings. The lowest BCUT2D eigenvalue weighted by molar-refractivity contribution is -0.122. The number of hydrogen-bond acceptors (Lipinski definition) is 3. The van der Waals surface area contributed by atoms with E-state index < -0.39 is 12.1 Å². The first-order valence-corrected chi connectivity index (χ1v) is 5.82. The molecule has 1 amide bonds. The number of nitrogens with one attached hydrogen (secondary N) is 1. The van der Waals surface area contributed by atoms with Gasteiger partial charge in [0.05, 0.1) is 6.10 Å². The van der Waals surface area contributed by atoms with Gasteiger partial charge in [0, 0.05) is 6.54 Å². The maximum atomic E-state index is 11.7. The Balaban J connectivity index is 2.54. The fourth-order valence-electron chi connectivity index (χ4n) is 1.40. The monoisotopic (exact) mass is 236 g/mol. The van der Waals surface area contributed by atoms with Gasteiger partial charge in [-0.3, -0.25) is 4.79 Å². The second-order valence-electron chi connectivity index (χ2n) is 4.20. The Morgan fingerprint density at radius 1 is 1.41 bits per heavy atom. The van der Waals surface area contributed by atoms with Crippen LogP contribution >= 0.6 is 0 Å². The minimum Gasteiger partial charge on any atom is -0.391 e. The van der Waals surface area contributed by atoms with Crippen LogP contribution in [0.5, 0.6) is 0 Å². The molecule has 4 N–H and O–H groups in total. The first-order valence-electron chi connectivity index (χ1n) is 5.82. The van der Waals surface area contributed by atoms with E-state index in [-0.39, 0.29) is 12.5 Å². The summed E-state index contributed by atoms with van der Waals surface area (Å²) in [5.41, 5.74) is 7.73. The summed E-state index contributed by atoms with van der Waals surface area (Å²) in [5.74, 6) is -0.263. The molecule has 0 heterocycles. The third kappa shape index (κ3) is 4.17. The van der Waals surface area contributed by atoms with Crippen molar-refractivity contribution in [3.63, 3.8) is 0 Å². The van der Waals surface area contributed by atoms with E-state index in [0.717, 1.165) is 11.1 Å². The normalized spacial score (nSPS) is 14.1. The standard InChI is InChI=1S/C13H20N2O2/c1-3-11(16)8-15-13(17)12(14)10-6-4-9(2)5-7-10/h4-7,11-12,16H,3,8,14H2,1-2H3,(H,15,17). The number of amides is 1. The quantitative estimate of drug-likeness (QED) is 0.710. The number of aliphatic hydroxyl groups excluding tert-OH is 1. The first-order chi connectivity index (χ1) is 8.04. The molecule has 0 saturated heterocycles. The highest BCUT2D eigenvalue weighted by Gasteiger charge is 2.15. The molecule has 0 fully saturated rings. The van der Waals surface area contributed by atoms with Gasteiger partial charge in [0.1, 0.15) is 6.04 Å². The zero-order valence-electron chi connectivity index (χ0n) is 10.3. The van der Waals surface area contributed by atoms with Crippen molar-refractivity contribution in [1.29, 1.82) is 0 Å². The third-order valence-electron chi connectivity index (χ3n) is 2.70. The van der Waals surface area contributed by atoms with E-state index in [9.17, 15) is 9.90 Å². The van der Waals surface area contributed by atoms with E-state index in [4.69, 9.17) is 5.73 Å². The fourth-order valence-corrected chi connectivity index (χ4v) is 1.40. The summed E-state index contributed by atoms with van der Waals surface area (Å²) in [5, 5.41) is 12.0. The van der Waals surface area contributed by atoms with Crippen LogP contribution in [0.15, 0.2) is 24.3 Å². The van der Waals surface area contributed by atoms with E-state index >= 15 is 0 Å². The number of aliphatic hydroxyl groups is 1. The topological polar surface area (TPSA) is 75.3 Å². The van der Waals surface area contributed by atoms with E-state index in [2.05, 4.69) is 5.32 Å². The van der Waals surface area contributed by atoms with Gasteiger partial charge in [0.15, 0.2) is 0 Å². The van der Waals surface area contributed by atoms with Crippen LogP contribution in [0.25, 0.3) is 0 Å². The van der Waals surface area contributed by atoms with E-state index in [1.54, 1.807) is 0 Å². The molecule has 4 heteroatoms. The third-order valence-corrected chi connectivity index (χ3v) is 2.70. The smallest absolute Gasteiger partial charge is 0.241 e. The molecule has 0 aliphatic heterocycles. The molecule has 0 saturated carbocycles. The van der Waals surface area contributed by atoms with Crippen molar-refractivity contribution >= 4 is 5.91 Å². The largest absolute Gasteiger partial charge is 0.391 e. The van der Waals surface area contributed by atoms with Crippen LogP contribution in [-0.4, -0.2) is 23.7 Å². The van der Waals surface area contributed by atoms with Crippen LogP contribution in [0.2, 0.25) is 0 Å². The van der Waals surface area contributed by atoms with E-state index in [1.165, 1.54) is 0 Å². The second-order valence-corrected chi connectivity index (χ2v) is 4.20. The number of nitrogens with two attached hydrogens (primary N) is 1. The molecular weight excluding hydrogens is 216 g/mol. The van der Waals surface area contributed by atoms with Crippen molar-refractivity contribution in [3.05, 3.63) is 35.4 Å². The fraction of sp³-hybridized carbons (Fsp3) is 0.462. The van der Waals surface area contributed by atoms with Gasteiger partial charge in [-0.1, -0.05) is 36.8 Å². The molecule has 17 heavy (non-hydrogen) atoms. The summed E-state index contributed by atoms with van der Waals surface area (Å²) in [6.45, 7) is 4.08. The van der Waals surface area contributed by atoms with Gasteiger partial charge in [0.25, 0.3) is 0 Å². The van der Waals surface area contributed by atoms with Crippen LogP contribution in [-0.2, 0) is 4.79 Å². The summed E-state index contributed by atoms with van der Waals surface area (Å²) in [6, 6.07) is 6.85. The summed E-state index contributed by atoms with van der Waals surface area (Å²) >= 11 is 0. The number of carbonyl (C=O) groups is 1. The molecule has 94 valence electrons. The Labute approximate surface area is 102 Å². The molecule has 2 unspecified atom stereocenters. The van der Waals surface area contributed by atoms with Gasteiger partial charge >= 0.3 is 0 Å². The molecule has 2 atom stereocenters. The number of hydrogen-bond donors (Lipinski definition) is 3. The SMILES string of the molecule is CCC(O)CNC(=O)C(N)c1ccc(C)cc1. The zero-order chi connectivity index (χ0) is 12.8. The number of rotatable bonds is 5. The number of benzene rings is 1. The molecule has 4 nitrogen and oxygen atoms in total. The van der Waals surface area contributed by atoms with Crippen LogP contribution in [0, 0.1) is 6.92 Å². The van der Waals surface area contributed by atoms with Crippen LogP contribution in [0.1, 0.15) is 30.5 Å². The highest BCUT2D eigenvalue weighted by atomic mass is 16.3. The predicted octanol–water partition coefficient (Wildman–Crippen LogP) is 0.882. The molecule has 1 aromatic rings. The van der Waals surface area contributed by atoms with Gasteiger partial charge in [-0.25, -0.2) is 0 Å². The van der Waals surface area contributed by atoms with Gasteiger partial charge in [0.2, 0.25) is 5.91 Å². The molecule has 0 aliphatic carbocycles. The molecule has 0 aromatic heterocycles. The average molecular weight is 236 g/mol. The highest BCUT2D eigenvalue weighted by molar-refractivity contribution is 5.82. The molecule has 0 bridgehead atoms. The van der Waals surface area contributed by atoms with E-state index in [1.807, 2.05) is 38.1 Å². The van der Waals surface area contributed by atoms with Crippen molar-refractivity contribution in [2.45, 2.75) is 32.4 Å². The molecule has 0 spiro atoms. The van der Waals surface area contributed by atoms with Crippen LogP contribution < -0.4 is 11.1 Å². The van der Waals surface area contributed by atoms with Gasteiger partial charge in [-0.2, -0.15) is 0 Å². The summed E-state index contributed by atoms with van der Waals surface area (Å²) in [7, 11) is 0. The molecule has 0 radical (unpaired) electrons. The molecular formula is C13H20N2O2. The summed E-state index contributed by atoms with van der Waals surface area (Å²) in [4.78, 5) is 11.7. The Bertz CT molecular complexity index is 362.